The molecule has 2 heterocycles. The Labute approximate surface area is 170 Å². The van der Waals surface area contributed by atoms with Crippen LogP contribution in [0.2, 0.25) is 5.02 Å². The van der Waals surface area contributed by atoms with E-state index in [-0.39, 0.29) is 23.3 Å². The molecule has 4 rings (SSSR count). The van der Waals surface area contributed by atoms with Gasteiger partial charge in [-0.1, -0.05) is 11.6 Å². The van der Waals surface area contributed by atoms with Crippen molar-refractivity contribution in [1.82, 2.24) is 9.97 Å². The second-order valence-corrected chi connectivity index (χ2v) is 8.54. The third-order valence-corrected chi connectivity index (χ3v) is 5.36. The van der Waals surface area contributed by atoms with Gasteiger partial charge in [-0.25, -0.2) is 17.8 Å². The quantitative estimate of drug-likeness (QED) is 0.621. The zero-order valence-electron chi connectivity index (χ0n) is 14.9. The van der Waals surface area contributed by atoms with Gasteiger partial charge >= 0.3 is 0 Å². The summed E-state index contributed by atoms with van der Waals surface area (Å²) in [5.74, 6) is 0.827. The normalized spacial score (nSPS) is 12.7. The predicted molar refractivity (Wildman–Crippen MR) is 106 cm³/mol. The molecule has 0 bridgehead atoms. The number of fused-ring (bicyclic) bond motifs is 1. The van der Waals surface area contributed by atoms with Gasteiger partial charge in [0.2, 0.25) is 12.7 Å². The van der Waals surface area contributed by atoms with E-state index in [1.807, 2.05) is 0 Å². The number of hydrogen-bond donors (Lipinski definition) is 2. The van der Waals surface area contributed by atoms with Crippen LogP contribution in [0, 0.1) is 5.82 Å². The highest BCUT2D eigenvalue weighted by molar-refractivity contribution is 7.90. The van der Waals surface area contributed by atoms with Crippen molar-refractivity contribution in [3.8, 4) is 11.5 Å². The summed E-state index contributed by atoms with van der Waals surface area (Å²) in [6.45, 7) is 0.0865. The summed E-state index contributed by atoms with van der Waals surface area (Å²) in [4.78, 5) is 8.21. The third kappa shape index (κ3) is 4.17. The van der Waals surface area contributed by atoms with Gasteiger partial charge in [-0.05, 0) is 36.4 Å². The monoisotopic (exact) mass is 436 g/mol. The maximum atomic E-state index is 13.8. The van der Waals surface area contributed by atoms with Gasteiger partial charge in [0.1, 0.15) is 17.3 Å². The van der Waals surface area contributed by atoms with E-state index in [2.05, 4.69) is 20.6 Å². The van der Waals surface area contributed by atoms with Crippen molar-refractivity contribution in [2.75, 3.05) is 23.7 Å². The van der Waals surface area contributed by atoms with Gasteiger partial charge in [0.25, 0.3) is 0 Å². The van der Waals surface area contributed by atoms with Crippen LogP contribution >= 0.6 is 11.6 Å². The highest BCUT2D eigenvalue weighted by Gasteiger charge is 2.21. The lowest BCUT2D eigenvalue weighted by Crippen LogP contribution is -2.03. The number of rotatable bonds is 5. The number of nitrogens with zero attached hydrogens (tertiary/aromatic N) is 2. The van der Waals surface area contributed by atoms with Crippen LogP contribution in [0.1, 0.15) is 0 Å². The van der Waals surface area contributed by atoms with Gasteiger partial charge in [-0.3, -0.25) is 0 Å². The summed E-state index contributed by atoms with van der Waals surface area (Å²) in [5, 5.41) is 6.25. The van der Waals surface area contributed by atoms with Gasteiger partial charge in [0.15, 0.2) is 21.3 Å². The first-order valence-corrected chi connectivity index (χ1v) is 10.5. The van der Waals surface area contributed by atoms with Crippen molar-refractivity contribution >= 4 is 44.6 Å². The summed E-state index contributed by atoms with van der Waals surface area (Å²) in [6.07, 6.45) is 2.48. The number of nitrogens with one attached hydrogen (secondary N) is 2. The molecule has 0 aliphatic carbocycles. The molecule has 29 heavy (non-hydrogen) atoms. The highest BCUT2D eigenvalue weighted by Crippen LogP contribution is 2.44. The SMILES string of the molecule is CS(=O)(=O)c1cc(F)cc(Nc2nccc(Nc3c(Cl)ccc4c3OCO4)n2)c1. The summed E-state index contributed by atoms with van der Waals surface area (Å²) < 4.78 is 48.0. The second-order valence-electron chi connectivity index (χ2n) is 6.12. The van der Waals surface area contributed by atoms with Crippen molar-refractivity contribution in [1.29, 1.82) is 0 Å². The topological polar surface area (TPSA) is 102 Å². The third-order valence-electron chi connectivity index (χ3n) is 3.95. The number of halogens is 2. The number of hydrogen-bond acceptors (Lipinski definition) is 8. The van der Waals surface area contributed by atoms with Crippen molar-refractivity contribution in [2.24, 2.45) is 0 Å². The molecule has 0 saturated carbocycles. The molecule has 1 aliphatic heterocycles. The van der Waals surface area contributed by atoms with Crippen LogP contribution in [0.3, 0.4) is 0 Å². The lowest BCUT2D eigenvalue weighted by molar-refractivity contribution is 0.174. The summed E-state index contributed by atoms with van der Waals surface area (Å²) in [6, 6.07) is 8.35. The molecule has 0 radical (unpaired) electrons. The van der Waals surface area contributed by atoms with Crippen molar-refractivity contribution in [3.05, 3.63) is 53.4 Å². The molecule has 1 aliphatic rings. The minimum atomic E-state index is -3.57. The second kappa shape index (κ2) is 7.37. The Kier molecular flexibility index (Phi) is 4.89. The minimum Gasteiger partial charge on any atom is -0.454 e. The van der Waals surface area contributed by atoms with Crippen molar-refractivity contribution < 1.29 is 22.3 Å². The number of benzene rings is 2. The van der Waals surface area contributed by atoms with Crippen LogP contribution in [-0.4, -0.2) is 31.4 Å². The maximum absolute atomic E-state index is 13.8. The Morgan fingerprint density at radius 3 is 2.76 bits per heavy atom. The summed E-state index contributed by atoms with van der Waals surface area (Å²) in [5.41, 5.74) is 0.675. The van der Waals surface area contributed by atoms with Crippen LogP contribution in [0.15, 0.2) is 47.5 Å². The summed E-state index contributed by atoms with van der Waals surface area (Å²) in [7, 11) is -3.57. The minimum absolute atomic E-state index is 0.0865. The molecule has 150 valence electrons. The van der Waals surface area contributed by atoms with E-state index in [1.54, 1.807) is 18.2 Å². The fourth-order valence-corrected chi connectivity index (χ4v) is 3.52. The average molecular weight is 437 g/mol. The van der Waals surface area contributed by atoms with E-state index in [0.717, 1.165) is 18.4 Å². The van der Waals surface area contributed by atoms with E-state index < -0.39 is 15.7 Å². The Morgan fingerprint density at radius 2 is 1.97 bits per heavy atom. The first kappa shape index (κ1) is 19.2. The van der Waals surface area contributed by atoms with Crippen LogP contribution in [0.4, 0.5) is 27.5 Å². The lowest BCUT2D eigenvalue weighted by atomic mass is 10.2. The molecule has 2 N–H and O–H groups in total. The van der Waals surface area contributed by atoms with Crippen LogP contribution in [0.5, 0.6) is 11.5 Å². The molecule has 8 nitrogen and oxygen atoms in total. The Bertz CT molecular complexity index is 1210. The molecule has 11 heteroatoms. The Balaban J connectivity index is 1.61. The van der Waals surface area contributed by atoms with E-state index in [0.29, 0.717) is 28.0 Å². The largest absolute Gasteiger partial charge is 0.454 e. The first-order chi connectivity index (χ1) is 13.8. The fraction of sp³-hybridized carbons (Fsp3) is 0.111. The van der Waals surface area contributed by atoms with E-state index in [1.165, 1.54) is 12.3 Å². The van der Waals surface area contributed by atoms with E-state index >= 15 is 0 Å². The smallest absolute Gasteiger partial charge is 0.231 e. The number of aromatic nitrogens is 2. The standard InChI is InChI=1S/C18H14ClFN4O4S/c1-29(25,26)12-7-10(20)6-11(8-12)22-18-21-5-4-15(24-18)23-16-13(19)2-3-14-17(16)28-9-27-14/h2-8H,9H2,1H3,(H2,21,22,23,24). The number of ether oxygens (including phenoxy) is 2. The molecule has 0 fully saturated rings. The summed E-state index contributed by atoms with van der Waals surface area (Å²) >= 11 is 6.25. The van der Waals surface area contributed by atoms with Crippen LogP contribution in [-0.2, 0) is 9.84 Å². The van der Waals surface area contributed by atoms with Crippen LogP contribution < -0.4 is 20.1 Å². The molecule has 0 unspecified atom stereocenters. The molecular formula is C18H14ClFN4O4S. The molecule has 0 saturated heterocycles. The van der Waals surface area contributed by atoms with Crippen molar-refractivity contribution in [2.45, 2.75) is 4.90 Å². The Morgan fingerprint density at radius 1 is 1.14 bits per heavy atom. The molecule has 1 aromatic heterocycles. The molecule has 0 amide bonds. The molecule has 3 aromatic rings. The number of sulfone groups is 1. The molecular weight excluding hydrogens is 423 g/mol. The fourth-order valence-electron chi connectivity index (χ4n) is 2.66. The van der Waals surface area contributed by atoms with Gasteiger partial charge in [0.05, 0.1) is 9.92 Å². The zero-order valence-corrected chi connectivity index (χ0v) is 16.5. The highest BCUT2D eigenvalue weighted by atomic mass is 35.5. The predicted octanol–water partition coefficient (Wildman–Crippen LogP) is 3.89. The molecule has 0 spiro atoms. The maximum Gasteiger partial charge on any atom is 0.231 e. The zero-order chi connectivity index (χ0) is 20.6. The van der Waals surface area contributed by atoms with Gasteiger partial charge in [-0.15, -0.1) is 0 Å². The van der Waals surface area contributed by atoms with Gasteiger partial charge in [-0.2, -0.15) is 4.98 Å². The lowest BCUT2D eigenvalue weighted by Gasteiger charge is -2.12. The molecule has 0 atom stereocenters. The van der Waals surface area contributed by atoms with Gasteiger partial charge < -0.3 is 20.1 Å². The first-order valence-electron chi connectivity index (χ1n) is 8.25. The average Bonchev–Trinajstić information content (AvgIpc) is 3.12. The van der Waals surface area contributed by atoms with Crippen molar-refractivity contribution in [3.63, 3.8) is 0 Å². The van der Waals surface area contributed by atoms with E-state index in [4.69, 9.17) is 21.1 Å². The molecule has 2 aromatic carbocycles. The Hall–Kier alpha value is -3.11. The van der Waals surface area contributed by atoms with Gasteiger partial charge in [0, 0.05) is 18.1 Å². The number of anilines is 4. The van der Waals surface area contributed by atoms with Crippen LogP contribution in [0.25, 0.3) is 0 Å². The van der Waals surface area contributed by atoms with E-state index in [9.17, 15) is 12.8 Å².